The molecule has 0 spiro atoms. The Labute approximate surface area is 107 Å². The van der Waals surface area contributed by atoms with Crippen molar-refractivity contribution in [2.45, 2.75) is 65.7 Å². The first-order valence-corrected chi connectivity index (χ1v) is 7.08. The van der Waals surface area contributed by atoms with Crippen LogP contribution in [0, 0.1) is 5.92 Å². The number of carbonyl (C=O) groups is 1. The minimum atomic E-state index is 0.213. The van der Waals surface area contributed by atoms with Crippen molar-refractivity contribution in [3.05, 3.63) is 12.2 Å². The van der Waals surface area contributed by atoms with Crippen molar-refractivity contribution in [1.82, 2.24) is 5.32 Å². The largest absolute Gasteiger partial charge is 0.356 e. The van der Waals surface area contributed by atoms with Gasteiger partial charge in [0.1, 0.15) is 0 Å². The summed E-state index contributed by atoms with van der Waals surface area (Å²) in [5.74, 6) is 0.758. The van der Waals surface area contributed by atoms with Gasteiger partial charge in [-0.2, -0.15) is 0 Å². The first-order valence-electron chi connectivity index (χ1n) is 7.08. The highest BCUT2D eigenvalue weighted by atomic mass is 16.1. The van der Waals surface area contributed by atoms with Crippen LogP contribution in [0.2, 0.25) is 0 Å². The van der Waals surface area contributed by atoms with E-state index in [9.17, 15) is 4.79 Å². The van der Waals surface area contributed by atoms with E-state index in [1.807, 2.05) is 0 Å². The van der Waals surface area contributed by atoms with Gasteiger partial charge in [-0.15, -0.1) is 0 Å². The molecule has 0 aliphatic carbocycles. The third kappa shape index (κ3) is 13.1. The molecule has 2 heteroatoms. The van der Waals surface area contributed by atoms with E-state index < -0.39 is 0 Å². The molecule has 100 valence electrons. The monoisotopic (exact) mass is 239 g/mol. The summed E-state index contributed by atoms with van der Waals surface area (Å²) in [5, 5.41) is 2.95. The van der Waals surface area contributed by atoms with E-state index in [0.29, 0.717) is 12.3 Å². The average molecular weight is 239 g/mol. The number of rotatable bonds is 10. The average Bonchev–Trinajstić information content (AvgIpc) is 2.30. The highest BCUT2D eigenvalue weighted by molar-refractivity contribution is 5.75. The number of amides is 1. The quantitative estimate of drug-likeness (QED) is 0.452. The van der Waals surface area contributed by atoms with Gasteiger partial charge in [0.2, 0.25) is 5.91 Å². The van der Waals surface area contributed by atoms with Gasteiger partial charge in [0, 0.05) is 13.0 Å². The smallest absolute Gasteiger partial charge is 0.220 e. The molecule has 0 aromatic carbocycles. The van der Waals surface area contributed by atoms with Crippen LogP contribution in [0.4, 0.5) is 0 Å². The number of hydrogen-bond donors (Lipinski definition) is 1. The Kier molecular flexibility index (Phi) is 11.1. The maximum atomic E-state index is 11.4. The van der Waals surface area contributed by atoms with Crippen molar-refractivity contribution in [1.29, 1.82) is 0 Å². The third-order valence-corrected chi connectivity index (χ3v) is 2.63. The topological polar surface area (TPSA) is 29.1 Å². The van der Waals surface area contributed by atoms with E-state index in [1.54, 1.807) is 0 Å². The molecular formula is C15H29NO. The van der Waals surface area contributed by atoms with Crippen molar-refractivity contribution in [3.8, 4) is 0 Å². The fraction of sp³-hybridized carbons (Fsp3) is 0.800. The van der Waals surface area contributed by atoms with Crippen LogP contribution in [0.5, 0.6) is 0 Å². The van der Waals surface area contributed by atoms with Crippen molar-refractivity contribution < 1.29 is 4.79 Å². The molecule has 0 saturated heterocycles. The molecule has 17 heavy (non-hydrogen) atoms. The van der Waals surface area contributed by atoms with Crippen LogP contribution < -0.4 is 5.32 Å². The fourth-order valence-corrected chi connectivity index (χ4v) is 1.59. The van der Waals surface area contributed by atoms with Crippen molar-refractivity contribution >= 4 is 5.91 Å². The van der Waals surface area contributed by atoms with Gasteiger partial charge in [0.05, 0.1) is 0 Å². The van der Waals surface area contributed by atoms with Crippen LogP contribution in [0.3, 0.4) is 0 Å². The molecule has 0 bridgehead atoms. The summed E-state index contributed by atoms with van der Waals surface area (Å²) in [6, 6.07) is 0. The maximum Gasteiger partial charge on any atom is 0.220 e. The zero-order valence-electron chi connectivity index (χ0n) is 11.8. The van der Waals surface area contributed by atoms with Crippen LogP contribution in [-0.4, -0.2) is 12.5 Å². The molecule has 0 radical (unpaired) electrons. The van der Waals surface area contributed by atoms with E-state index >= 15 is 0 Å². The molecule has 0 saturated carbocycles. The molecule has 2 nitrogen and oxygen atoms in total. The van der Waals surface area contributed by atoms with Crippen LogP contribution in [-0.2, 0) is 4.79 Å². The normalized spacial score (nSPS) is 11.3. The second kappa shape index (κ2) is 11.7. The van der Waals surface area contributed by atoms with Crippen molar-refractivity contribution in [3.63, 3.8) is 0 Å². The number of carbonyl (C=O) groups excluding carboxylic acids is 1. The molecule has 0 aliphatic rings. The summed E-state index contributed by atoms with van der Waals surface area (Å²) < 4.78 is 0. The summed E-state index contributed by atoms with van der Waals surface area (Å²) in [6.45, 7) is 7.20. The second-order valence-electron chi connectivity index (χ2n) is 5.03. The Morgan fingerprint density at radius 2 is 1.82 bits per heavy atom. The lowest BCUT2D eigenvalue weighted by Gasteiger charge is -2.07. The van der Waals surface area contributed by atoms with E-state index in [-0.39, 0.29) is 5.91 Å². The third-order valence-electron chi connectivity index (χ3n) is 2.63. The van der Waals surface area contributed by atoms with Gasteiger partial charge in [0.15, 0.2) is 0 Å². The second-order valence-corrected chi connectivity index (χ2v) is 5.03. The molecule has 1 N–H and O–H groups in total. The molecule has 0 aromatic rings. The van der Waals surface area contributed by atoms with Crippen LogP contribution >= 0.6 is 0 Å². The van der Waals surface area contributed by atoms with E-state index in [2.05, 4.69) is 38.2 Å². The van der Waals surface area contributed by atoms with E-state index in [0.717, 1.165) is 19.4 Å². The van der Waals surface area contributed by atoms with E-state index in [1.165, 1.54) is 25.7 Å². The molecule has 0 aliphatic heterocycles. The van der Waals surface area contributed by atoms with Gasteiger partial charge in [-0.1, -0.05) is 45.8 Å². The lowest BCUT2D eigenvalue weighted by Crippen LogP contribution is -2.26. The van der Waals surface area contributed by atoms with Crippen molar-refractivity contribution in [2.24, 2.45) is 5.92 Å². The summed E-state index contributed by atoms with van der Waals surface area (Å²) >= 11 is 0. The highest BCUT2D eigenvalue weighted by Gasteiger charge is 2.01. The number of allylic oxidation sites excluding steroid dienone is 2. The first-order chi connectivity index (χ1) is 8.16. The standard InChI is InChI=1S/C15H29NO/c1-4-5-6-7-8-9-10-11-12-15(17)16-13-14(2)3/h5-6,14H,4,7-13H2,1-3H3,(H,16,17). The van der Waals surface area contributed by atoms with Gasteiger partial charge in [-0.3, -0.25) is 4.79 Å². The summed E-state index contributed by atoms with van der Waals surface area (Å²) in [4.78, 5) is 11.4. The van der Waals surface area contributed by atoms with Crippen LogP contribution in [0.25, 0.3) is 0 Å². The summed E-state index contributed by atoms with van der Waals surface area (Å²) in [5.41, 5.74) is 0. The molecule has 0 fully saturated rings. The molecular weight excluding hydrogens is 210 g/mol. The zero-order chi connectivity index (χ0) is 12.9. The van der Waals surface area contributed by atoms with Gasteiger partial charge in [-0.25, -0.2) is 0 Å². The molecule has 0 unspecified atom stereocenters. The molecule has 0 aromatic heterocycles. The highest BCUT2D eigenvalue weighted by Crippen LogP contribution is 2.06. The minimum absolute atomic E-state index is 0.213. The van der Waals surface area contributed by atoms with Gasteiger partial charge >= 0.3 is 0 Å². The van der Waals surface area contributed by atoms with Crippen molar-refractivity contribution in [2.75, 3.05) is 6.54 Å². The SMILES string of the molecule is CCC=CCCCCCCC(=O)NCC(C)C. The lowest BCUT2D eigenvalue weighted by molar-refractivity contribution is -0.121. The zero-order valence-corrected chi connectivity index (χ0v) is 11.8. The van der Waals surface area contributed by atoms with Crippen LogP contribution in [0.15, 0.2) is 12.2 Å². The lowest BCUT2D eigenvalue weighted by atomic mass is 10.1. The summed E-state index contributed by atoms with van der Waals surface area (Å²) in [6.07, 6.45) is 12.2. The number of hydrogen-bond acceptors (Lipinski definition) is 1. The Morgan fingerprint density at radius 1 is 1.12 bits per heavy atom. The van der Waals surface area contributed by atoms with Crippen LogP contribution in [0.1, 0.15) is 65.7 Å². The summed E-state index contributed by atoms with van der Waals surface area (Å²) in [7, 11) is 0. The molecule has 0 heterocycles. The maximum absolute atomic E-state index is 11.4. The Morgan fingerprint density at radius 3 is 2.47 bits per heavy atom. The predicted octanol–water partition coefficient (Wildman–Crippen LogP) is 4.07. The minimum Gasteiger partial charge on any atom is -0.356 e. The van der Waals surface area contributed by atoms with Gasteiger partial charge in [-0.05, 0) is 31.6 Å². The predicted molar refractivity (Wildman–Crippen MR) is 75.0 cm³/mol. The Bertz CT molecular complexity index is 209. The van der Waals surface area contributed by atoms with Gasteiger partial charge in [0.25, 0.3) is 0 Å². The molecule has 0 atom stereocenters. The van der Waals surface area contributed by atoms with E-state index in [4.69, 9.17) is 0 Å². The first kappa shape index (κ1) is 16.2. The number of unbranched alkanes of at least 4 members (excludes halogenated alkanes) is 4. The van der Waals surface area contributed by atoms with Gasteiger partial charge < -0.3 is 5.32 Å². The molecule has 1 amide bonds. The molecule has 0 rings (SSSR count). The Balaban J connectivity index is 3.22. The number of nitrogens with one attached hydrogen (secondary N) is 1. The fourth-order valence-electron chi connectivity index (χ4n) is 1.59. The Hall–Kier alpha value is -0.790.